The second kappa shape index (κ2) is 13.4. The van der Waals surface area contributed by atoms with Crippen LogP contribution in [0.1, 0.15) is 45.6 Å². The number of alkyl halides is 3. The number of hydrogen-bond donors (Lipinski definition) is 1. The van der Waals surface area contributed by atoms with Crippen molar-refractivity contribution in [3.63, 3.8) is 0 Å². The van der Waals surface area contributed by atoms with Crippen LogP contribution in [0.25, 0.3) is 0 Å². The highest BCUT2D eigenvalue weighted by molar-refractivity contribution is 7.92. The number of carbonyl (C=O) groups excluding carboxylic acids is 2. The number of ether oxygens (including phenoxy) is 1. The van der Waals surface area contributed by atoms with E-state index in [1.54, 1.807) is 6.07 Å². The molecule has 39 heavy (non-hydrogen) atoms. The number of anilines is 1. The number of likely N-dealkylation sites (tertiary alicyclic amines) is 1. The topological polar surface area (TPSA) is 96.0 Å². The smallest absolute Gasteiger partial charge is 0.416 e. The molecule has 0 atom stereocenters. The van der Waals surface area contributed by atoms with Gasteiger partial charge in [0.2, 0.25) is 5.91 Å². The van der Waals surface area contributed by atoms with Crippen molar-refractivity contribution in [1.82, 2.24) is 10.2 Å². The highest BCUT2D eigenvalue weighted by Gasteiger charge is 2.35. The Labute approximate surface area is 232 Å². The van der Waals surface area contributed by atoms with Crippen LogP contribution in [-0.2, 0) is 25.7 Å². The molecule has 0 unspecified atom stereocenters. The highest BCUT2D eigenvalue weighted by Crippen LogP contribution is 2.37. The Hall–Kier alpha value is -2.99. The molecule has 0 bridgehead atoms. The summed E-state index contributed by atoms with van der Waals surface area (Å²) < 4.78 is 71.8. The maximum absolute atomic E-state index is 13.3. The van der Waals surface area contributed by atoms with Gasteiger partial charge in [-0.3, -0.25) is 9.10 Å². The normalized spacial score (nSPS) is 14.1. The predicted molar refractivity (Wildman–Crippen MR) is 143 cm³/mol. The fourth-order valence-electron chi connectivity index (χ4n) is 3.59. The van der Waals surface area contributed by atoms with Crippen LogP contribution in [0.3, 0.4) is 0 Å². The third-order valence-electron chi connectivity index (χ3n) is 5.46. The molecule has 0 saturated carbocycles. The summed E-state index contributed by atoms with van der Waals surface area (Å²) in [5.41, 5.74) is -1.83. The van der Waals surface area contributed by atoms with E-state index in [0.29, 0.717) is 23.5 Å². The fourth-order valence-corrected chi connectivity index (χ4v) is 5.31. The van der Waals surface area contributed by atoms with Gasteiger partial charge in [-0.2, -0.15) is 13.2 Å². The molecule has 3 rings (SSSR count). The summed E-state index contributed by atoms with van der Waals surface area (Å²) in [6.45, 7) is 5.79. The van der Waals surface area contributed by atoms with Gasteiger partial charge in [0.25, 0.3) is 10.0 Å². The average molecular weight is 592 g/mol. The minimum atomic E-state index is -4.70. The van der Waals surface area contributed by atoms with E-state index in [1.807, 2.05) is 20.8 Å². The molecule has 2 aromatic carbocycles. The zero-order valence-corrected chi connectivity index (χ0v) is 23.8. The maximum Gasteiger partial charge on any atom is 0.416 e. The number of nitrogens with zero attached hydrogens (tertiary/aromatic N) is 2. The van der Waals surface area contributed by atoms with E-state index in [-0.39, 0.29) is 27.3 Å². The fraction of sp³-hybridized carbons (Fsp3) is 0.462. The zero-order chi connectivity index (χ0) is 29.4. The molecule has 1 fully saturated rings. The van der Waals surface area contributed by atoms with Crippen molar-refractivity contribution in [2.24, 2.45) is 0 Å². The lowest BCUT2D eigenvalue weighted by atomic mass is 10.1. The number of amides is 2. The van der Waals surface area contributed by atoms with Crippen molar-refractivity contribution in [3.05, 3.63) is 59.1 Å². The van der Waals surface area contributed by atoms with Gasteiger partial charge < -0.3 is 15.0 Å². The molecule has 13 heteroatoms. The Morgan fingerprint density at radius 1 is 1.03 bits per heavy atom. The molecule has 1 heterocycles. The van der Waals surface area contributed by atoms with Gasteiger partial charge in [0.15, 0.2) is 0 Å². The highest BCUT2D eigenvalue weighted by atomic mass is 35.5. The van der Waals surface area contributed by atoms with E-state index in [9.17, 15) is 31.2 Å². The van der Waals surface area contributed by atoms with Crippen molar-refractivity contribution in [2.45, 2.75) is 56.7 Å². The molecular weight excluding hydrogens is 559 g/mol. The van der Waals surface area contributed by atoms with Crippen LogP contribution in [0.4, 0.5) is 23.7 Å². The molecule has 0 aromatic heterocycles. The molecule has 2 aromatic rings. The average Bonchev–Trinajstić information content (AvgIpc) is 2.87. The molecule has 216 valence electrons. The van der Waals surface area contributed by atoms with Gasteiger partial charge in [0.05, 0.1) is 21.2 Å². The summed E-state index contributed by atoms with van der Waals surface area (Å²) in [5.74, 6) is -0.484. The van der Waals surface area contributed by atoms with Crippen molar-refractivity contribution >= 4 is 39.3 Å². The zero-order valence-electron chi connectivity index (χ0n) is 22.2. The molecule has 0 spiro atoms. The van der Waals surface area contributed by atoms with Gasteiger partial charge in [-0.05, 0) is 70.4 Å². The van der Waals surface area contributed by atoms with E-state index < -0.39 is 34.2 Å². The molecule has 1 aliphatic heterocycles. The van der Waals surface area contributed by atoms with Crippen LogP contribution in [0, 0.1) is 0 Å². The monoisotopic (exact) mass is 591 g/mol. The van der Waals surface area contributed by atoms with E-state index in [2.05, 4.69) is 5.32 Å². The van der Waals surface area contributed by atoms with Crippen LogP contribution in [-0.4, -0.2) is 57.6 Å². The lowest BCUT2D eigenvalue weighted by Gasteiger charge is -2.31. The summed E-state index contributed by atoms with van der Waals surface area (Å²) >= 11 is 6.11. The second-order valence-electron chi connectivity index (χ2n) is 9.68. The number of sulfonamides is 1. The Balaban J connectivity index is 0.000000510. The van der Waals surface area contributed by atoms with Crippen molar-refractivity contribution in [2.75, 3.05) is 31.0 Å². The first-order chi connectivity index (χ1) is 18.1. The van der Waals surface area contributed by atoms with Crippen LogP contribution in [0.2, 0.25) is 5.02 Å². The van der Waals surface area contributed by atoms with Gasteiger partial charge in [-0.25, -0.2) is 13.2 Å². The van der Waals surface area contributed by atoms with E-state index in [0.717, 1.165) is 31.4 Å². The molecule has 2 amide bonds. The summed E-state index contributed by atoms with van der Waals surface area (Å²) in [5, 5.41) is 2.16. The first-order valence-electron chi connectivity index (χ1n) is 12.2. The maximum atomic E-state index is 13.3. The van der Waals surface area contributed by atoms with E-state index >= 15 is 0 Å². The number of piperidine rings is 1. The number of benzene rings is 2. The summed E-state index contributed by atoms with van der Waals surface area (Å²) in [4.78, 5) is 24.7. The molecular formula is C26H33ClF3N3O5S. The summed E-state index contributed by atoms with van der Waals surface area (Å²) in [6.07, 6.45) is -2.53. The third kappa shape index (κ3) is 9.61. The van der Waals surface area contributed by atoms with Crippen LogP contribution in [0.15, 0.2) is 53.4 Å². The number of hydrogen-bond acceptors (Lipinski definition) is 5. The van der Waals surface area contributed by atoms with Crippen LogP contribution >= 0.6 is 11.6 Å². The minimum absolute atomic E-state index is 0.148. The van der Waals surface area contributed by atoms with Crippen molar-refractivity contribution in [1.29, 1.82) is 0 Å². The Bertz CT molecular complexity index is 1230. The summed E-state index contributed by atoms with van der Waals surface area (Å²) in [7, 11) is -2.80. The van der Waals surface area contributed by atoms with Gasteiger partial charge in [0, 0.05) is 20.1 Å². The quantitative estimate of drug-likeness (QED) is 0.481. The van der Waals surface area contributed by atoms with Gasteiger partial charge in [-0.15, -0.1) is 0 Å². The predicted octanol–water partition coefficient (Wildman–Crippen LogP) is 5.71. The Kier molecular flexibility index (Phi) is 11.1. The lowest BCUT2D eigenvalue weighted by molar-refractivity contribution is -0.137. The number of nitrogens with one attached hydrogen (secondary N) is 1. The van der Waals surface area contributed by atoms with Crippen molar-refractivity contribution < 1.29 is 35.9 Å². The number of alkyl carbamates (subject to hydrolysis) is 1. The molecule has 0 aliphatic carbocycles. The Morgan fingerprint density at radius 2 is 1.62 bits per heavy atom. The molecule has 1 saturated heterocycles. The number of rotatable bonds is 5. The molecule has 1 N–H and O–H groups in total. The second-order valence-corrected chi connectivity index (χ2v) is 12.0. The first-order valence-corrected chi connectivity index (χ1v) is 14.0. The number of halogens is 4. The Morgan fingerprint density at radius 3 is 2.10 bits per heavy atom. The van der Waals surface area contributed by atoms with Crippen molar-refractivity contribution in [3.8, 4) is 0 Å². The largest absolute Gasteiger partial charge is 0.444 e. The minimum Gasteiger partial charge on any atom is -0.444 e. The summed E-state index contributed by atoms with van der Waals surface area (Å²) in [6, 6.07) is 9.64. The van der Waals surface area contributed by atoms with Gasteiger partial charge in [0.1, 0.15) is 12.1 Å². The number of carbonyl (C=O) groups is 2. The van der Waals surface area contributed by atoms with E-state index in [4.69, 9.17) is 16.3 Å². The first kappa shape index (κ1) is 32.2. The van der Waals surface area contributed by atoms with Crippen LogP contribution < -0.4 is 9.62 Å². The molecule has 8 nitrogen and oxygen atoms in total. The third-order valence-corrected chi connectivity index (χ3v) is 7.56. The van der Waals surface area contributed by atoms with Crippen LogP contribution in [0.5, 0.6) is 0 Å². The van der Waals surface area contributed by atoms with Gasteiger partial charge in [-0.1, -0.05) is 29.8 Å². The standard InChI is InChI=1S/C20H20ClF3N2O3S.C6H13NO2/c21-17-10-9-15(20(22,23)24)13-18(17)26(14-19(27)25-11-5-2-6-12-25)30(28,29)16-7-3-1-4-8-16;1-6(2,3)9-5(8)7-4/h1,3-4,7-10,13H,2,5-6,11-12,14H2;1-4H3,(H,7,8). The van der Waals surface area contributed by atoms with Gasteiger partial charge >= 0.3 is 12.3 Å². The SMILES string of the molecule is CNC(=O)OC(C)(C)C.O=C(CN(c1cc(C(F)(F)F)ccc1Cl)S(=O)(=O)c1ccccc1)N1CCCCC1. The lowest BCUT2D eigenvalue weighted by Crippen LogP contribution is -2.45. The molecule has 0 radical (unpaired) electrons. The van der Waals surface area contributed by atoms with E-state index in [1.165, 1.54) is 36.2 Å². The molecule has 1 aliphatic rings.